The van der Waals surface area contributed by atoms with Crippen molar-refractivity contribution in [2.45, 2.75) is 39.0 Å². The van der Waals surface area contributed by atoms with Crippen molar-refractivity contribution < 1.29 is 42.1 Å². The average molecular weight is 651 g/mol. The highest BCUT2D eigenvalue weighted by Crippen LogP contribution is 2.26. The van der Waals surface area contributed by atoms with E-state index in [2.05, 4.69) is 13.2 Å². The Kier molecular flexibility index (Phi) is 20.8. The molecule has 0 aromatic heterocycles. The van der Waals surface area contributed by atoms with Gasteiger partial charge in [-0.25, -0.2) is 14.0 Å². The predicted octanol–water partition coefficient (Wildman–Crippen LogP) is 8.32. The smallest absolute Gasteiger partial charge is 0.336 e. The van der Waals surface area contributed by atoms with E-state index in [1.165, 1.54) is 24.3 Å². The maximum atomic E-state index is 14.9. The SMILES string of the molecule is C=C(C)C(=O)OCCCCCCOc1ccc(-c2ccc(/C=C/C(=O)Oc3ccc(CCOC)cc3)cc2F)cc1.C=CC=O.CF. The molecule has 3 aromatic carbocycles. The lowest BCUT2D eigenvalue weighted by Crippen LogP contribution is -2.06. The van der Waals surface area contributed by atoms with Gasteiger partial charge in [0, 0.05) is 24.3 Å². The number of methoxy groups -OCH3 is 1. The summed E-state index contributed by atoms with van der Waals surface area (Å²) in [7, 11) is 2.15. The molecule has 252 valence electrons. The summed E-state index contributed by atoms with van der Waals surface area (Å²) in [6.07, 6.45) is 9.02. The van der Waals surface area contributed by atoms with E-state index in [-0.39, 0.29) is 5.97 Å². The van der Waals surface area contributed by atoms with Crippen LogP contribution in [0.4, 0.5) is 8.78 Å². The molecule has 0 amide bonds. The summed E-state index contributed by atoms with van der Waals surface area (Å²) in [5.74, 6) is -0.131. The van der Waals surface area contributed by atoms with Gasteiger partial charge in [0.25, 0.3) is 0 Å². The van der Waals surface area contributed by atoms with E-state index in [0.717, 1.165) is 43.2 Å². The molecule has 7 nitrogen and oxygen atoms in total. The number of carbonyl (C=O) groups is 3. The average Bonchev–Trinajstić information content (AvgIpc) is 3.09. The Morgan fingerprint density at radius 3 is 2.04 bits per heavy atom. The molecule has 0 bridgehead atoms. The minimum absolute atomic E-state index is 0.348. The van der Waals surface area contributed by atoms with Crippen molar-refractivity contribution in [1.29, 1.82) is 0 Å². The Labute approximate surface area is 276 Å². The fourth-order valence-electron chi connectivity index (χ4n) is 3.89. The zero-order chi connectivity index (χ0) is 34.9. The molecule has 9 heteroatoms. The van der Waals surface area contributed by atoms with E-state index >= 15 is 0 Å². The molecule has 0 radical (unpaired) electrons. The van der Waals surface area contributed by atoms with Crippen LogP contribution in [0.15, 0.2) is 97.6 Å². The van der Waals surface area contributed by atoms with Gasteiger partial charge in [0.05, 0.1) is 27.0 Å². The van der Waals surface area contributed by atoms with Crippen molar-refractivity contribution in [2.24, 2.45) is 0 Å². The maximum Gasteiger partial charge on any atom is 0.336 e. The second-order valence-electron chi connectivity index (χ2n) is 9.96. The van der Waals surface area contributed by atoms with Crippen LogP contribution in [0.3, 0.4) is 0 Å². The number of alkyl halides is 1. The van der Waals surface area contributed by atoms with Gasteiger partial charge in [-0.3, -0.25) is 9.18 Å². The van der Waals surface area contributed by atoms with Gasteiger partial charge in [0.1, 0.15) is 23.6 Å². The standard InChI is InChI=1S/C34H37FO6.C3H4O.CH3F/c1-25(2)34(37)40-22-7-5-4-6-21-39-29-16-12-28(13-17-29)31-18-10-27(24-32(31)35)11-19-33(36)41-30-14-8-26(9-15-30)20-23-38-3;1-2-3-4;1-2/h8-19,24H,1,4-7,20-23H2,2-3H3;2-3H,1H2;1H3/b19-11+;;. The van der Waals surface area contributed by atoms with E-state index in [4.69, 9.17) is 23.7 Å². The third-order valence-corrected chi connectivity index (χ3v) is 6.29. The van der Waals surface area contributed by atoms with Crippen molar-refractivity contribution in [3.05, 3.63) is 115 Å². The number of hydrogen-bond donors (Lipinski definition) is 0. The first-order valence-corrected chi connectivity index (χ1v) is 15.0. The van der Waals surface area contributed by atoms with Crippen molar-refractivity contribution in [2.75, 3.05) is 34.1 Å². The van der Waals surface area contributed by atoms with E-state index in [9.17, 15) is 18.4 Å². The lowest BCUT2D eigenvalue weighted by atomic mass is 10.0. The molecule has 0 aliphatic carbocycles. The van der Waals surface area contributed by atoms with Gasteiger partial charge >= 0.3 is 11.9 Å². The molecule has 0 aliphatic rings. The summed E-state index contributed by atoms with van der Waals surface area (Å²) >= 11 is 0. The first-order chi connectivity index (χ1) is 22.8. The molecule has 0 heterocycles. The highest BCUT2D eigenvalue weighted by atomic mass is 19.1. The molecule has 0 atom stereocenters. The van der Waals surface area contributed by atoms with Crippen LogP contribution in [-0.2, 0) is 30.3 Å². The number of esters is 2. The Hall–Kier alpha value is -4.89. The Morgan fingerprint density at radius 1 is 0.851 bits per heavy atom. The van der Waals surface area contributed by atoms with Crippen LogP contribution in [0.25, 0.3) is 17.2 Å². The number of hydrogen-bond acceptors (Lipinski definition) is 7. The number of unbranched alkanes of at least 4 members (excludes halogenated alkanes) is 3. The van der Waals surface area contributed by atoms with Crippen LogP contribution in [-0.4, -0.2) is 52.3 Å². The predicted molar refractivity (Wildman–Crippen MR) is 182 cm³/mol. The number of allylic oxidation sites excluding steroid dienone is 1. The minimum atomic E-state index is -0.543. The van der Waals surface area contributed by atoms with Gasteiger partial charge in [-0.15, -0.1) is 0 Å². The normalized spacial score (nSPS) is 10.1. The van der Waals surface area contributed by atoms with E-state index in [1.54, 1.807) is 38.3 Å². The molecule has 0 spiro atoms. The van der Waals surface area contributed by atoms with Crippen molar-refractivity contribution >= 4 is 24.3 Å². The van der Waals surface area contributed by atoms with Gasteiger partial charge in [0.2, 0.25) is 0 Å². The first kappa shape index (κ1) is 40.1. The summed E-state index contributed by atoms with van der Waals surface area (Å²) in [5, 5.41) is 0. The fourth-order valence-corrected chi connectivity index (χ4v) is 3.89. The Bertz CT molecular complexity index is 1410. The van der Waals surface area contributed by atoms with Crippen molar-refractivity contribution in [3.8, 4) is 22.6 Å². The van der Waals surface area contributed by atoms with Crippen LogP contribution in [0.5, 0.6) is 11.5 Å². The molecule has 0 aliphatic heterocycles. The third kappa shape index (κ3) is 16.8. The highest BCUT2D eigenvalue weighted by Gasteiger charge is 2.07. The molecule has 0 saturated heterocycles. The number of halogens is 2. The second kappa shape index (κ2) is 24.4. The summed E-state index contributed by atoms with van der Waals surface area (Å²) < 4.78 is 45.6. The number of ether oxygens (including phenoxy) is 4. The zero-order valence-corrected chi connectivity index (χ0v) is 27.3. The summed E-state index contributed by atoms with van der Waals surface area (Å²) in [5.41, 5.74) is 3.23. The first-order valence-electron chi connectivity index (χ1n) is 15.0. The molecule has 0 N–H and O–H groups in total. The molecule has 0 fully saturated rings. The van der Waals surface area contributed by atoms with Crippen LogP contribution in [0.2, 0.25) is 0 Å². The fraction of sp³-hybridized carbons (Fsp3) is 0.289. The third-order valence-electron chi connectivity index (χ3n) is 6.29. The molecular formula is C38H44F2O7. The van der Waals surface area contributed by atoms with E-state index in [1.807, 2.05) is 36.4 Å². The lowest BCUT2D eigenvalue weighted by Gasteiger charge is -2.09. The van der Waals surface area contributed by atoms with E-state index < -0.39 is 11.8 Å². The number of aldehydes is 1. The largest absolute Gasteiger partial charge is 0.494 e. The lowest BCUT2D eigenvalue weighted by molar-refractivity contribution is -0.139. The number of benzene rings is 3. The number of carbonyl (C=O) groups excluding carboxylic acids is 3. The molecule has 3 aromatic rings. The van der Waals surface area contributed by atoms with Gasteiger partial charge in [0.15, 0.2) is 0 Å². The van der Waals surface area contributed by atoms with Gasteiger partial charge < -0.3 is 18.9 Å². The monoisotopic (exact) mass is 650 g/mol. The van der Waals surface area contributed by atoms with Crippen LogP contribution < -0.4 is 9.47 Å². The summed E-state index contributed by atoms with van der Waals surface area (Å²) in [4.78, 5) is 32.6. The Balaban J connectivity index is 0.00000171. The van der Waals surface area contributed by atoms with Crippen LogP contribution >= 0.6 is 0 Å². The topological polar surface area (TPSA) is 88.1 Å². The summed E-state index contributed by atoms with van der Waals surface area (Å²) in [6.45, 7) is 9.89. The zero-order valence-electron chi connectivity index (χ0n) is 27.3. The molecular weight excluding hydrogens is 606 g/mol. The maximum absolute atomic E-state index is 14.9. The van der Waals surface area contributed by atoms with Crippen molar-refractivity contribution in [1.82, 2.24) is 0 Å². The Morgan fingerprint density at radius 2 is 1.47 bits per heavy atom. The second-order valence-corrected chi connectivity index (χ2v) is 9.96. The van der Waals surface area contributed by atoms with Gasteiger partial charge in [-0.2, -0.15) is 0 Å². The molecule has 0 saturated carbocycles. The van der Waals surface area contributed by atoms with E-state index in [0.29, 0.717) is 61.5 Å². The minimum Gasteiger partial charge on any atom is -0.494 e. The molecule has 0 unspecified atom stereocenters. The van der Waals surface area contributed by atoms with Gasteiger partial charge in [-0.1, -0.05) is 49.6 Å². The van der Waals surface area contributed by atoms with Gasteiger partial charge in [-0.05, 0) is 98.2 Å². The number of rotatable bonds is 17. The molecule has 47 heavy (non-hydrogen) atoms. The summed E-state index contributed by atoms with van der Waals surface area (Å²) in [6, 6.07) is 19.3. The van der Waals surface area contributed by atoms with Crippen molar-refractivity contribution in [3.63, 3.8) is 0 Å². The molecule has 3 rings (SSSR count). The van der Waals surface area contributed by atoms with Crippen LogP contribution in [0.1, 0.15) is 43.7 Å². The quantitative estimate of drug-likeness (QED) is 0.0477. The highest BCUT2D eigenvalue weighted by molar-refractivity contribution is 5.89. The van der Waals surface area contributed by atoms with Crippen LogP contribution in [0, 0.1) is 5.82 Å².